The second-order valence-electron chi connectivity index (χ2n) is 7.67. The highest BCUT2D eigenvalue weighted by atomic mass is 35.5. The molecule has 1 N–H and O–H groups in total. The lowest BCUT2D eigenvalue weighted by Crippen LogP contribution is -2.15. The third-order valence-corrected chi connectivity index (χ3v) is 5.86. The van der Waals surface area contributed by atoms with Crippen molar-refractivity contribution in [3.63, 3.8) is 0 Å². The van der Waals surface area contributed by atoms with Gasteiger partial charge in [0.15, 0.2) is 12.4 Å². The molecular formula is C24H23Cl2N5O2. The van der Waals surface area contributed by atoms with Gasteiger partial charge in [0, 0.05) is 16.2 Å². The number of nitrogens with one attached hydrogen (secondary N) is 1. The fourth-order valence-corrected chi connectivity index (χ4v) is 3.90. The second kappa shape index (κ2) is 9.68. The van der Waals surface area contributed by atoms with Gasteiger partial charge in [-0.05, 0) is 56.2 Å². The number of halogens is 2. The SMILES string of the molecule is Cc1ccccc1OCn1ccc(C(=O)Nc2c(C)nn(Cc3ccc(Cl)cc3Cl)c2C)n1. The summed E-state index contributed by atoms with van der Waals surface area (Å²) in [7, 11) is 0. The molecule has 0 saturated heterocycles. The minimum absolute atomic E-state index is 0.204. The average molecular weight is 484 g/mol. The molecule has 0 aliphatic heterocycles. The van der Waals surface area contributed by atoms with E-state index in [-0.39, 0.29) is 18.3 Å². The Morgan fingerprint density at radius 2 is 1.85 bits per heavy atom. The molecule has 0 aliphatic carbocycles. The predicted octanol–water partition coefficient (Wildman–Crippen LogP) is 5.65. The Kier molecular flexibility index (Phi) is 6.72. The summed E-state index contributed by atoms with van der Waals surface area (Å²) in [6.07, 6.45) is 1.71. The standard InChI is InChI=1S/C24H23Cl2N5O2/c1-15-6-4-5-7-22(15)33-14-30-11-10-21(29-30)24(32)27-23-16(2)28-31(17(23)3)13-18-8-9-19(25)12-20(18)26/h4-12H,13-14H2,1-3H3,(H,27,32). The first-order valence-corrected chi connectivity index (χ1v) is 11.1. The van der Waals surface area contributed by atoms with Gasteiger partial charge in [-0.1, -0.05) is 47.5 Å². The quantitative estimate of drug-likeness (QED) is 0.368. The number of hydrogen-bond donors (Lipinski definition) is 1. The van der Waals surface area contributed by atoms with Crippen LogP contribution in [0.2, 0.25) is 10.0 Å². The summed E-state index contributed by atoms with van der Waals surface area (Å²) in [5, 5.41) is 13.0. The summed E-state index contributed by atoms with van der Waals surface area (Å²) in [4.78, 5) is 12.8. The lowest BCUT2D eigenvalue weighted by molar-refractivity contribution is 0.102. The molecule has 2 aromatic carbocycles. The fraction of sp³-hybridized carbons (Fsp3) is 0.208. The molecule has 2 aromatic heterocycles. The maximum absolute atomic E-state index is 12.8. The number of carbonyl (C=O) groups excluding carboxylic acids is 1. The van der Waals surface area contributed by atoms with Crippen LogP contribution in [-0.2, 0) is 13.3 Å². The van der Waals surface area contributed by atoms with Gasteiger partial charge >= 0.3 is 0 Å². The number of anilines is 1. The summed E-state index contributed by atoms with van der Waals surface area (Å²) in [6.45, 7) is 6.38. The van der Waals surface area contributed by atoms with E-state index in [9.17, 15) is 4.79 Å². The van der Waals surface area contributed by atoms with Crippen LogP contribution in [0, 0.1) is 20.8 Å². The van der Waals surface area contributed by atoms with Crippen molar-refractivity contribution in [2.75, 3.05) is 5.32 Å². The molecule has 0 saturated carbocycles. The summed E-state index contributed by atoms with van der Waals surface area (Å²) >= 11 is 12.3. The van der Waals surface area contributed by atoms with E-state index in [2.05, 4.69) is 15.5 Å². The molecule has 0 spiro atoms. The molecule has 9 heteroatoms. The monoisotopic (exact) mass is 483 g/mol. The second-order valence-corrected chi connectivity index (χ2v) is 8.52. The van der Waals surface area contributed by atoms with Gasteiger partial charge in [-0.3, -0.25) is 9.48 Å². The lowest BCUT2D eigenvalue weighted by atomic mass is 10.2. The number of rotatable bonds is 7. The summed E-state index contributed by atoms with van der Waals surface area (Å²) in [5.41, 5.74) is 4.37. The van der Waals surface area contributed by atoms with Crippen LogP contribution in [0.15, 0.2) is 54.7 Å². The molecule has 0 atom stereocenters. The first-order chi connectivity index (χ1) is 15.8. The maximum Gasteiger partial charge on any atom is 0.276 e. The average Bonchev–Trinajstić information content (AvgIpc) is 3.35. The summed E-state index contributed by atoms with van der Waals surface area (Å²) in [6, 6.07) is 14.7. The molecule has 0 fully saturated rings. The van der Waals surface area contributed by atoms with Crippen LogP contribution in [0.3, 0.4) is 0 Å². The van der Waals surface area contributed by atoms with Crippen molar-refractivity contribution in [3.8, 4) is 5.75 Å². The number of benzene rings is 2. The molecule has 170 valence electrons. The Labute approximate surface area is 201 Å². The van der Waals surface area contributed by atoms with Gasteiger partial charge in [0.2, 0.25) is 0 Å². The number of para-hydroxylation sites is 1. The van der Waals surface area contributed by atoms with E-state index in [0.717, 1.165) is 22.6 Å². The normalized spacial score (nSPS) is 10.9. The van der Waals surface area contributed by atoms with Crippen molar-refractivity contribution in [2.24, 2.45) is 0 Å². The highest BCUT2D eigenvalue weighted by Crippen LogP contribution is 2.25. The van der Waals surface area contributed by atoms with Crippen LogP contribution < -0.4 is 10.1 Å². The first kappa shape index (κ1) is 22.9. The Bertz CT molecular complexity index is 1310. The minimum atomic E-state index is -0.320. The van der Waals surface area contributed by atoms with E-state index in [0.29, 0.717) is 28.0 Å². The Morgan fingerprint density at radius 3 is 2.61 bits per heavy atom. The summed E-state index contributed by atoms with van der Waals surface area (Å²) < 4.78 is 9.16. The molecule has 4 aromatic rings. The molecule has 7 nitrogen and oxygen atoms in total. The predicted molar refractivity (Wildman–Crippen MR) is 129 cm³/mol. The highest BCUT2D eigenvalue weighted by Gasteiger charge is 2.18. The van der Waals surface area contributed by atoms with Gasteiger partial charge in [-0.2, -0.15) is 10.2 Å². The zero-order valence-electron chi connectivity index (χ0n) is 18.5. The van der Waals surface area contributed by atoms with Gasteiger partial charge in [0.05, 0.1) is 23.6 Å². The van der Waals surface area contributed by atoms with E-state index >= 15 is 0 Å². The molecule has 2 heterocycles. The fourth-order valence-electron chi connectivity index (χ4n) is 3.43. The van der Waals surface area contributed by atoms with Crippen molar-refractivity contribution in [3.05, 3.63) is 93.0 Å². The van der Waals surface area contributed by atoms with E-state index in [4.69, 9.17) is 27.9 Å². The third kappa shape index (κ3) is 5.21. The molecule has 1 amide bonds. The van der Waals surface area contributed by atoms with Crippen molar-refractivity contribution in [2.45, 2.75) is 34.0 Å². The number of carbonyl (C=O) groups is 1. The molecule has 4 rings (SSSR count). The number of aryl methyl sites for hydroxylation is 2. The zero-order valence-corrected chi connectivity index (χ0v) is 20.0. The van der Waals surface area contributed by atoms with Crippen LogP contribution in [0.1, 0.15) is 33.0 Å². The smallest absolute Gasteiger partial charge is 0.276 e. The van der Waals surface area contributed by atoms with Crippen LogP contribution in [-0.4, -0.2) is 25.5 Å². The van der Waals surface area contributed by atoms with Gasteiger partial charge < -0.3 is 10.1 Å². The van der Waals surface area contributed by atoms with Gasteiger partial charge in [0.1, 0.15) is 5.75 Å². The summed E-state index contributed by atoms with van der Waals surface area (Å²) in [5.74, 6) is 0.457. The Hall–Kier alpha value is -3.29. The van der Waals surface area contributed by atoms with Crippen molar-refractivity contribution in [1.82, 2.24) is 19.6 Å². The van der Waals surface area contributed by atoms with Crippen LogP contribution in [0.4, 0.5) is 5.69 Å². The maximum atomic E-state index is 12.8. The number of nitrogens with zero attached hydrogens (tertiary/aromatic N) is 4. The topological polar surface area (TPSA) is 74.0 Å². The number of amides is 1. The zero-order chi connectivity index (χ0) is 23.5. The van der Waals surface area contributed by atoms with Gasteiger partial charge in [0.25, 0.3) is 5.91 Å². The first-order valence-electron chi connectivity index (χ1n) is 10.3. The molecule has 0 radical (unpaired) electrons. The van der Waals surface area contributed by atoms with Crippen LogP contribution >= 0.6 is 23.2 Å². The van der Waals surface area contributed by atoms with Crippen molar-refractivity contribution in [1.29, 1.82) is 0 Å². The molecule has 0 aliphatic rings. The minimum Gasteiger partial charge on any atom is -0.471 e. The van der Waals surface area contributed by atoms with Crippen molar-refractivity contribution < 1.29 is 9.53 Å². The highest BCUT2D eigenvalue weighted by molar-refractivity contribution is 6.35. The number of aromatic nitrogens is 4. The van der Waals surface area contributed by atoms with E-state index < -0.39 is 0 Å². The Balaban J connectivity index is 1.44. The van der Waals surface area contributed by atoms with Gasteiger partial charge in [-0.25, -0.2) is 4.68 Å². The third-order valence-electron chi connectivity index (χ3n) is 5.27. The van der Waals surface area contributed by atoms with Crippen LogP contribution in [0.5, 0.6) is 5.75 Å². The van der Waals surface area contributed by atoms with Crippen molar-refractivity contribution >= 4 is 34.8 Å². The molecule has 0 unspecified atom stereocenters. The largest absolute Gasteiger partial charge is 0.471 e. The van der Waals surface area contributed by atoms with Crippen LogP contribution in [0.25, 0.3) is 0 Å². The molecule has 0 bridgehead atoms. The molecule has 33 heavy (non-hydrogen) atoms. The Morgan fingerprint density at radius 1 is 1.06 bits per heavy atom. The number of hydrogen-bond acceptors (Lipinski definition) is 4. The number of ether oxygens (including phenoxy) is 1. The van der Waals surface area contributed by atoms with E-state index in [1.54, 1.807) is 33.8 Å². The van der Waals surface area contributed by atoms with Gasteiger partial charge in [-0.15, -0.1) is 0 Å². The van der Waals surface area contributed by atoms with E-state index in [1.807, 2.05) is 51.1 Å². The lowest BCUT2D eigenvalue weighted by Gasteiger charge is -2.09. The molecular weight excluding hydrogens is 461 g/mol. The van der Waals surface area contributed by atoms with E-state index in [1.165, 1.54) is 0 Å².